The monoisotopic (exact) mass is 605 g/mol. The Morgan fingerprint density at radius 3 is 2.14 bits per heavy atom. The average molecular weight is 606 g/mol. The van der Waals surface area contributed by atoms with Gasteiger partial charge in [-0.2, -0.15) is 0 Å². The first kappa shape index (κ1) is 32.1. The molecule has 0 unspecified atom stereocenters. The van der Waals surface area contributed by atoms with Crippen molar-refractivity contribution in [3.8, 4) is 5.75 Å². The average Bonchev–Trinajstić information content (AvgIpc) is 3.49. The van der Waals surface area contributed by atoms with E-state index in [4.69, 9.17) is 4.74 Å². The molecule has 0 heterocycles. The van der Waals surface area contributed by atoms with Crippen molar-refractivity contribution < 1.29 is 22.7 Å². The van der Waals surface area contributed by atoms with E-state index in [1.165, 1.54) is 9.21 Å². The molecule has 4 rings (SSSR count). The van der Waals surface area contributed by atoms with E-state index in [0.717, 1.165) is 47.9 Å². The summed E-state index contributed by atoms with van der Waals surface area (Å²) in [6.45, 7) is 7.22. The summed E-state index contributed by atoms with van der Waals surface area (Å²) in [7, 11) is -2.53. The highest BCUT2D eigenvalue weighted by molar-refractivity contribution is 7.92. The molecular weight excluding hydrogens is 562 g/mol. The Bertz CT molecular complexity index is 1510. The molecule has 9 heteroatoms. The number of nitrogens with zero attached hydrogens (tertiary/aromatic N) is 2. The van der Waals surface area contributed by atoms with E-state index in [0.29, 0.717) is 17.9 Å². The highest BCUT2D eigenvalue weighted by Gasteiger charge is 2.35. The lowest BCUT2D eigenvalue weighted by atomic mass is 10.1. The van der Waals surface area contributed by atoms with Gasteiger partial charge in [0.2, 0.25) is 11.8 Å². The maximum absolute atomic E-state index is 14.3. The minimum absolute atomic E-state index is 0.0908. The number of amides is 2. The third-order valence-electron chi connectivity index (χ3n) is 8.11. The Morgan fingerprint density at radius 2 is 1.56 bits per heavy atom. The summed E-state index contributed by atoms with van der Waals surface area (Å²) in [4.78, 5) is 29.5. The number of sulfonamides is 1. The molecule has 2 amide bonds. The summed E-state index contributed by atoms with van der Waals surface area (Å²) < 4.78 is 34.7. The molecule has 3 aromatic carbocycles. The van der Waals surface area contributed by atoms with Crippen LogP contribution in [-0.2, 0) is 26.2 Å². The fraction of sp³-hybridized carbons (Fsp3) is 0.412. The molecule has 8 nitrogen and oxygen atoms in total. The van der Waals surface area contributed by atoms with E-state index in [1.54, 1.807) is 49.6 Å². The van der Waals surface area contributed by atoms with Crippen molar-refractivity contribution in [2.24, 2.45) is 0 Å². The molecule has 1 N–H and O–H groups in total. The zero-order chi connectivity index (χ0) is 31.1. The maximum Gasteiger partial charge on any atom is 0.264 e. The van der Waals surface area contributed by atoms with Gasteiger partial charge in [0.05, 0.1) is 17.7 Å². The van der Waals surface area contributed by atoms with Crippen LogP contribution in [0.5, 0.6) is 5.75 Å². The molecule has 1 fully saturated rings. The maximum atomic E-state index is 14.3. The number of methoxy groups -OCH3 is 1. The number of anilines is 1. The lowest BCUT2D eigenvalue weighted by molar-refractivity contribution is -0.140. The Hall–Kier alpha value is -3.85. The fourth-order valence-corrected chi connectivity index (χ4v) is 7.13. The minimum Gasteiger partial charge on any atom is -0.497 e. The SMILES string of the molecule is CC[C@@H](C(=O)NC1CCCC1)N(Cc1ccc(OC)cc1)C(=O)CN(c1ccc(C)cc1C)S(=O)(=O)c1ccc(C)cc1. The summed E-state index contributed by atoms with van der Waals surface area (Å²) in [5.41, 5.74) is 3.87. The summed E-state index contributed by atoms with van der Waals surface area (Å²) in [6.07, 6.45) is 4.36. The van der Waals surface area contributed by atoms with Gasteiger partial charge in [0.15, 0.2) is 0 Å². The van der Waals surface area contributed by atoms with Crippen LogP contribution >= 0.6 is 0 Å². The molecule has 1 atom stereocenters. The van der Waals surface area contributed by atoms with Gasteiger partial charge in [0.1, 0.15) is 18.3 Å². The zero-order valence-electron chi connectivity index (χ0n) is 25.8. The van der Waals surface area contributed by atoms with Gasteiger partial charge >= 0.3 is 0 Å². The minimum atomic E-state index is -4.12. The van der Waals surface area contributed by atoms with Crippen LogP contribution < -0.4 is 14.4 Å². The molecule has 0 spiro atoms. The van der Waals surface area contributed by atoms with Gasteiger partial charge in [-0.15, -0.1) is 0 Å². The summed E-state index contributed by atoms with van der Waals surface area (Å²) in [5, 5.41) is 3.15. The Morgan fingerprint density at radius 1 is 0.930 bits per heavy atom. The standard InChI is InChI=1S/C34H43N3O5S/c1-6-31(34(39)35-28-9-7-8-10-28)36(22-27-14-16-29(42-5)17-15-27)33(38)23-37(32-20-13-25(3)21-26(32)4)43(40,41)30-18-11-24(2)12-19-30/h11-21,28,31H,6-10,22-23H2,1-5H3,(H,35,39)/t31-/m0/s1. The number of carbonyl (C=O) groups is 2. The second kappa shape index (κ2) is 14.1. The predicted molar refractivity (Wildman–Crippen MR) is 170 cm³/mol. The summed E-state index contributed by atoms with van der Waals surface area (Å²) in [6, 6.07) is 18.7. The van der Waals surface area contributed by atoms with E-state index in [-0.39, 0.29) is 23.4 Å². The third-order valence-corrected chi connectivity index (χ3v) is 9.88. The van der Waals surface area contributed by atoms with E-state index >= 15 is 0 Å². The third kappa shape index (κ3) is 7.76. The van der Waals surface area contributed by atoms with Gasteiger partial charge in [-0.1, -0.05) is 67.3 Å². The molecule has 230 valence electrons. The largest absolute Gasteiger partial charge is 0.497 e. The Labute approximate surface area is 256 Å². The molecule has 0 aliphatic heterocycles. The smallest absolute Gasteiger partial charge is 0.264 e. The number of nitrogens with one attached hydrogen (secondary N) is 1. The van der Waals surface area contributed by atoms with Gasteiger partial charge in [0, 0.05) is 12.6 Å². The molecular formula is C34H43N3O5S. The molecule has 0 bridgehead atoms. The van der Waals surface area contributed by atoms with Gasteiger partial charge in [-0.25, -0.2) is 8.42 Å². The molecule has 1 saturated carbocycles. The highest BCUT2D eigenvalue weighted by Crippen LogP contribution is 2.29. The quantitative estimate of drug-likeness (QED) is 0.287. The molecule has 43 heavy (non-hydrogen) atoms. The van der Waals surface area contributed by atoms with Crippen LogP contribution in [0.15, 0.2) is 71.6 Å². The number of ether oxygens (including phenoxy) is 1. The first-order valence-corrected chi connectivity index (χ1v) is 16.4. The topological polar surface area (TPSA) is 96.0 Å². The van der Waals surface area contributed by atoms with Crippen LogP contribution in [0.4, 0.5) is 5.69 Å². The van der Waals surface area contributed by atoms with Crippen LogP contribution in [0.3, 0.4) is 0 Å². The van der Waals surface area contributed by atoms with E-state index < -0.39 is 28.5 Å². The van der Waals surface area contributed by atoms with Crippen LogP contribution in [0.2, 0.25) is 0 Å². The first-order valence-electron chi connectivity index (χ1n) is 14.9. The predicted octanol–water partition coefficient (Wildman–Crippen LogP) is 5.68. The van der Waals surface area contributed by atoms with Gasteiger partial charge in [-0.05, 0) is 81.5 Å². The lowest BCUT2D eigenvalue weighted by Crippen LogP contribution is -2.53. The highest BCUT2D eigenvalue weighted by atomic mass is 32.2. The van der Waals surface area contributed by atoms with Crippen LogP contribution in [0.25, 0.3) is 0 Å². The Balaban J connectivity index is 1.73. The van der Waals surface area contributed by atoms with E-state index in [2.05, 4.69) is 5.32 Å². The second-order valence-corrected chi connectivity index (χ2v) is 13.3. The summed E-state index contributed by atoms with van der Waals surface area (Å²) >= 11 is 0. The van der Waals surface area contributed by atoms with Gasteiger partial charge in [0.25, 0.3) is 10.0 Å². The number of aryl methyl sites for hydroxylation is 3. The van der Waals surface area contributed by atoms with Crippen molar-refractivity contribution in [2.45, 2.75) is 83.3 Å². The van der Waals surface area contributed by atoms with Crippen molar-refractivity contribution >= 4 is 27.5 Å². The number of carbonyl (C=O) groups excluding carboxylic acids is 2. The normalized spacial score (nSPS) is 14.3. The van der Waals surface area contributed by atoms with Crippen LogP contribution in [0, 0.1) is 20.8 Å². The molecule has 0 aromatic heterocycles. The van der Waals surface area contributed by atoms with Crippen molar-refractivity contribution in [1.29, 1.82) is 0 Å². The van der Waals surface area contributed by atoms with E-state index in [1.807, 2.05) is 52.0 Å². The number of hydrogen-bond acceptors (Lipinski definition) is 5. The second-order valence-electron chi connectivity index (χ2n) is 11.4. The number of rotatable bonds is 12. The molecule has 0 saturated heterocycles. The van der Waals surface area contributed by atoms with E-state index in [9.17, 15) is 18.0 Å². The van der Waals surface area contributed by atoms with Crippen molar-refractivity contribution in [3.05, 3.63) is 89.0 Å². The first-order chi connectivity index (χ1) is 20.5. The molecule has 1 aliphatic rings. The number of hydrogen-bond donors (Lipinski definition) is 1. The summed E-state index contributed by atoms with van der Waals surface area (Å²) in [5.74, 6) is 0.00785. The van der Waals surface area contributed by atoms with Crippen LogP contribution in [-0.4, -0.2) is 50.9 Å². The van der Waals surface area contributed by atoms with Crippen LogP contribution in [0.1, 0.15) is 61.3 Å². The van der Waals surface area contributed by atoms with Gasteiger partial charge < -0.3 is 15.0 Å². The molecule has 3 aromatic rings. The van der Waals surface area contributed by atoms with Crippen molar-refractivity contribution in [1.82, 2.24) is 10.2 Å². The lowest BCUT2D eigenvalue weighted by Gasteiger charge is -2.34. The van der Waals surface area contributed by atoms with Gasteiger partial charge in [-0.3, -0.25) is 13.9 Å². The van der Waals surface area contributed by atoms with Crippen molar-refractivity contribution in [3.63, 3.8) is 0 Å². The van der Waals surface area contributed by atoms with Crippen molar-refractivity contribution in [2.75, 3.05) is 18.0 Å². The molecule has 1 aliphatic carbocycles. The molecule has 0 radical (unpaired) electrons. The Kier molecular flexibility index (Phi) is 10.5. The zero-order valence-corrected chi connectivity index (χ0v) is 26.6. The number of benzene rings is 3. The fourth-order valence-electron chi connectivity index (χ4n) is 5.65.